The molecule has 2 aromatic carbocycles. The summed E-state index contributed by atoms with van der Waals surface area (Å²) in [6.07, 6.45) is 1.75. The molecule has 0 unspecified atom stereocenters. The molecule has 1 saturated heterocycles. The summed E-state index contributed by atoms with van der Waals surface area (Å²) in [5.74, 6) is 0.133. The second kappa shape index (κ2) is 9.80. The number of benzene rings is 2. The summed E-state index contributed by atoms with van der Waals surface area (Å²) in [5, 5.41) is 10.7. The number of amidine groups is 1. The van der Waals surface area contributed by atoms with E-state index >= 15 is 0 Å². The van der Waals surface area contributed by atoms with Gasteiger partial charge in [-0.3, -0.25) is 9.69 Å². The SMILES string of the molecule is COCCN1C(=O)C(=Cc2cc(OC)c(O)c(Br)c2Br)SC1=Nc1ccccc1. The normalized spacial score (nSPS) is 16.8. The van der Waals surface area contributed by atoms with E-state index in [1.54, 1.807) is 24.2 Å². The lowest BCUT2D eigenvalue weighted by molar-refractivity contribution is -0.122. The minimum atomic E-state index is -0.156. The molecule has 0 radical (unpaired) electrons. The number of thioether (sulfide) groups is 1. The number of amides is 1. The van der Waals surface area contributed by atoms with Gasteiger partial charge >= 0.3 is 0 Å². The van der Waals surface area contributed by atoms with Crippen molar-refractivity contribution < 1.29 is 19.4 Å². The van der Waals surface area contributed by atoms with Crippen molar-refractivity contribution in [2.75, 3.05) is 27.4 Å². The fourth-order valence-electron chi connectivity index (χ4n) is 2.60. The first-order valence-corrected chi connectivity index (χ1v) is 11.0. The quantitative estimate of drug-likeness (QED) is 0.510. The first kappa shape index (κ1) is 21.9. The fourth-order valence-corrected chi connectivity index (χ4v) is 4.45. The molecule has 6 nitrogen and oxygen atoms in total. The summed E-state index contributed by atoms with van der Waals surface area (Å²) in [5.41, 5.74) is 1.46. The average Bonchev–Trinajstić information content (AvgIpc) is 3.01. The maximum Gasteiger partial charge on any atom is 0.266 e. The van der Waals surface area contributed by atoms with Crippen LogP contribution in [0.2, 0.25) is 0 Å². The topological polar surface area (TPSA) is 71.4 Å². The van der Waals surface area contributed by atoms with Crippen LogP contribution in [0.1, 0.15) is 5.56 Å². The molecule has 0 aromatic heterocycles. The van der Waals surface area contributed by atoms with Crippen LogP contribution in [0.3, 0.4) is 0 Å². The van der Waals surface area contributed by atoms with Gasteiger partial charge in [0, 0.05) is 11.6 Å². The number of aliphatic imine (C=N–C) groups is 1. The number of hydrogen-bond acceptors (Lipinski definition) is 6. The number of aromatic hydroxyl groups is 1. The Hall–Kier alpha value is -1.81. The van der Waals surface area contributed by atoms with Gasteiger partial charge in [-0.2, -0.15) is 0 Å². The van der Waals surface area contributed by atoms with E-state index in [2.05, 4.69) is 36.9 Å². The molecule has 1 aliphatic rings. The summed E-state index contributed by atoms with van der Waals surface area (Å²) < 4.78 is 11.4. The van der Waals surface area contributed by atoms with E-state index in [4.69, 9.17) is 9.47 Å². The minimum absolute atomic E-state index is 0.0139. The molecule has 29 heavy (non-hydrogen) atoms. The summed E-state index contributed by atoms with van der Waals surface area (Å²) in [7, 11) is 3.06. The third-order valence-corrected chi connectivity index (χ3v) is 7.23. The first-order chi connectivity index (χ1) is 14.0. The minimum Gasteiger partial charge on any atom is -0.503 e. The maximum atomic E-state index is 13.0. The molecule has 1 heterocycles. The van der Waals surface area contributed by atoms with Gasteiger partial charge in [-0.25, -0.2) is 4.99 Å². The van der Waals surface area contributed by atoms with Gasteiger partial charge in [0.1, 0.15) is 0 Å². The number of phenolic OH excluding ortho intramolecular Hbond substituents is 1. The van der Waals surface area contributed by atoms with Crippen molar-refractivity contribution in [1.82, 2.24) is 4.90 Å². The monoisotopic (exact) mass is 540 g/mol. The fraction of sp³-hybridized carbons (Fsp3) is 0.200. The Morgan fingerprint density at radius 1 is 1.21 bits per heavy atom. The molecule has 1 N–H and O–H groups in total. The van der Waals surface area contributed by atoms with Crippen LogP contribution in [0.15, 0.2) is 55.2 Å². The number of ether oxygens (including phenoxy) is 2. The number of rotatable bonds is 6. The molecule has 1 amide bonds. The molecule has 0 atom stereocenters. The van der Waals surface area contributed by atoms with E-state index < -0.39 is 0 Å². The average molecular weight is 542 g/mol. The lowest BCUT2D eigenvalue weighted by atomic mass is 10.2. The highest BCUT2D eigenvalue weighted by atomic mass is 79.9. The number of carbonyl (C=O) groups excluding carboxylic acids is 1. The first-order valence-electron chi connectivity index (χ1n) is 8.55. The summed E-state index contributed by atoms with van der Waals surface area (Å²) in [4.78, 5) is 19.8. The molecular weight excluding hydrogens is 524 g/mol. The summed E-state index contributed by atoms with van der Waals surface area (Å²) in [6.45, 7) is 0.796. The van der Waals surface area contributed by atoms with Crippen LogP contribution in [0.5, 0.6) is 11.5 Å². The number of phenols is 1. The predicted molar refractivity (Wildman–Crippen MR) is 123 cm³/mol. The molecule has 0 spiro atoms. The highest BCUT2D eigenvalue weighted by Gasteiger charge is 2.33. The maximum absolute atomic E-state index is 13.0. The number of halogens is 2. The van der Waals surface area contributed by atoms with Gasteiger partial charge in [-0.1, -0.05) is 18.2 Å². The third kappa shape index (κ3) is 4.85. The predicted octanol–water partition coefficient (Wildman–Crippen LogP) is 5.18. The van der Waals surface area contributed by atoms with Crippen LogP contribution < -0.4 is 4.74 Å². The van der Waals surface area contributed by atoms with Gasteiger partial charge < -0.3 is 14.6 Å². The molecule has 1 fully saturated rings. The second-order valence-corrected chi connectivity index (χ2v) is 8.53. The van der Waals surface area contributed by atoms with Crippen molar-refractivity contribution in [3.8, 4) is 11.5 Å². The van der Waals surface area contributed by atoms with Crippen molar-refractivity contribution in [3.05, 3.63) is 55.8 Å². The van der Waals surface area contributed by atoms with Crippen molar-refractivity contribution in [3.63, 3.8) is 0 Å². The van der Waals surface area contributed by atoms with Crippen molar-refractivity contribution >= 4 is 66.5 Å². The molecule has 1 aliphatic heterocycles. The van der Waals surface area contributed by atoms with Crippen LogP contribution in [-0.4, -0.2) is 48.5 Å². The van der Waals surface area contributed by atoms with Gasteiger partial charge in [-0.15, -0.1) is 0 Å². The molecular formula is C20H18Br2N2O4S. The van der Waals surface area contributed by atoms with Crippen molar-refractivity contribution in [2.45, 2.75) is 0 Å². The zero-order valence-corrected chi connectivity index (χ0v) is 19.7. The highest BCUT2D eigenvalue weighted by Crippen LogP contribution is 2.43. The number of carbonyl (C=O) groups is 1. The lowest BCUT2D eigenvalue weighted by Crippen LogP contribution is -2.32. The van der Waals surface area contributed by atoms with Crippen LogP contribution in [0.4, 0.5) is 5.69 Å². The Kier molecular flexibility index (Phi) is 7.39. The molecule has 3 rings (SSSR count). The smallest absolute Gasteiger partial charge is 0.266 e. The zero-order chi connectivity index (χ0) is 21.0. The standard InChI is InChI=1S/C20H18Br2N2O4S/c1-27-9-8-24-19(26)15(29-20(24)23-13-6-4-3-5-7-13)11-12-10-14(28-2)18(25)17(22)16(12)21/h3-7,10-11,25H,8-9H2,1-2H3. The van der Waals surface area contributed by atoms with Crippen molar-refractivity contribution in [2.24, 2.45) is 4.99 Å². The van der Waals surface area contributed by atoms with Gasteiger partial charge in [0.25, 0.3) is 5.91 Å². The molecule has 0 saturated carbocycles. The molecule has 2 aromatic rings. The van der Waals surface area contributed by atoms with E-state index in [0.717, 1.165) is 5.69 Å². The highest BCUT2D eigenvalue weighted by molar-refractivity contribution is 9.13. The van der Waals surface area contributed by atoms with E-state index in [0.29, 0.717) is 43.5 Å². The van der Waals surface area contributed by atoms with Crippen LogP contribution in [0, 0.1) is 0 Å². The van der Waals surface area contributed by atoms with Crippen LogP contribution in [0.25, 0.3) is 6.08 Å². The Labute approximate surface area is 189 Å². The van der Waals surface area contributed by atoms with Gasteiger partial charge in [-0.05, 0) is 73.5 Å². The van der Waals surface area contributed by atoms with Gasteiger partial charge in [0.2, 0.25) is 0 Å². The number of methoxy groups -OCH3 is 2. The van der Waals surface area contributed by atoms with E-state index in [1.165, 1.54) is 18.9 Å². The van der Waals surface area contributed by atoms with E-state index in [-0.39, 0.29) is 11.7 Å². The summed E-state index contributed by atoms with van der Waals surface area (Å²) >= 11 is 8.09. The number of nitrogens with zero attached hydrogens (tertiary/aromatic N) is 2. The Balaban J connectivity index is 2.01. The zero-order valence-electron chi connectivity index (χ0n) is 15.7. The number of para-hydroxylation sites is 1. The Morgan fingerprint density at radius 3 is 2.59 bits per heavy atom. The molecule has 0 bridgehead atoms. The second-order valence-electron chi connectivity index (χ2n) is 5.93. The molecule has 152 valence electrons. The van der Waals surface area contributed by atoms with Crippen LogP contribution >= 0.6 is 43.6 Å². The number of hydrogen-bond donors (Lipinski definition) is 1. The third-order valence-electron chi connectivity index (χ3n) is 4.07. The van der Waals surface area contributed by atoms with Gasteiger partial charge in [0.15, 0.2) is 16.7 Å². The molecule has 0 aliphatic carbocycles. The van der Waals surface area contributed by atoms with E-state index in [1.807, 2.05) is 30.3 Å². The van der Waals surface area contributed by atoms with Crippen LogP contribution in [-0.2, 0) is 9.53 Å². The van der Waals surface area contributed by atoms with Gasteiger partial charge in [0.05, 0.1) is 35.3 Å². The Bertz CT molecular complexity index is 980. The lowest BCUT2D eigenvalue weighted by Gasteiger charge is -2.14. The van der Waals surface area contributed by atoms with Crippen molar-refractivity contribution in [1.29, 1.82) is 0 Å². The largest absolute Gasteiger partial charge is 0.503 e. The van der Waals surface area contributed by atoms with E-state index in [9.17, 15) is 9.90 Å². The molecule has 9 heteroatoms. The Morgan fingerprint density at radius 2 is 1.93 bits per heavy atom. The summed E-state index contributed by atoms with van der Waals surface area (Å²) in [6, 6.07) is 11.1.